The average molecular weight is 252 g/mol. The Bertz CT molecular complexity index is 280. The van der Waals surface area contributed by atoms with Crippen LogP contribution in [0, 0.1) is 11.8 Å². The zero-order chi connectivity index (χ0) is 13.0. The molecule has 18 heavy (non-hydrogen) atoms. The van der Waals surface area contributed by atoms with Gasteiger partial charge in [0.1, 0.15) is 0 Å². The largest absolute Gasteiger partial charge is 0.339 e. The van der Waals surface area contributed by atoms with Crippen molar-refractivity contribution in [3.05, 3.63) is 0 Å². The summed E-state index contributed by atoms with van der Waals surface area (Å²) < 4.78 is 0. The molecule has 0 spiro atoms. The number of unbranched alkanes of at least 4 members (excludes halogenated alkanes) is 3. The Labute approximate surface area is 111 Å². The Morgan fingerprint density at radius 3 is 2.78 bits per heavy atom. The number of nitrogens with one attached hydrogen (secondary N) is 1. The van der Waals surface area contributed by atoms with Crippen LogP contribution in [0.15, 0.2) is 0 Å². The number of hydrogen-bond acceptors (Lipinski definition) is 2. The molecule has 2 aliphatic heterocycles. The molecule has 3 unspecified atom stereocenters. The van der Waals surface area contributed by atoms with Gasteiger partial charge in [-0.1, -0.05) is 33.1 Å². The standard InChI is InChI=1S/C15H28N2O/c1-3-5-6-7-8-15(18)17-11-12-9-16-10-13(12)14(17)4-2/h12-14,16H,3-11H2,1-2H3. The Kier molecular flexibility index (Phi) is 5.04. The summed E-state index contributed by atoms with van der Waals surface area (Å²) >= 11 is 0. The lowest BCUT2D eigenvalue weighted by Crippen LogP contribution is -2.39. The summed E-state index contributed by atoms with van der Waals surface area (Å²) in [5, 5.41) is 3.47. The van der Waals surface area contributed by atoms with Crippen LogP contribution < -0.4 is 5.32 Å². The maximum absolute atomic E-state index is 12.3. The van der Waals surface area contributed by atoms with Crippen molar-refractivity contribution in [3.63, 3.8) is 0 Å². The van der Waals surface area contributed by atoms with E-state index in [1.165, 1.54) is 19.3 Å². The lowest BCUT2D eigenvalue weighted by atomic mass is 9.93. The van der Waals surface area contributed by atoms with E-state index in [0.717, 1.165) is 50.7 Å². The monoisotopic (exact) mass is 252 g/mol. The summed E-state index contributed by atoms with van der Waals surface area (Å²) in [6.07, 6.45) is 6.67. The summed E-state index contributed by atoms with van der Waals surface area (Å²) in [6.45, 7) is 7.67. The van der Waals surface area contributed by atoms with Gasteiger partial charge in [-0.3, -0.25) is 4.79 Å². The lowest BCUT2D eigenvalue weighted by molar-refractivity contribution is -0.132. The van der Waals surface area contributed by atoms with Crippen molar-refractivity contribution in [2.45, 2.75) is 58.4 Å². The summed E-state index contributed by atoms with van der Waals surface area (Å²) in [5.41, 5.74) is 0. The average Bonchev–Trinajstić information content (AvgIpc) is 2.93. The molecule has 0 aromatic carbocycles. The molecule has 3 nitrogen and oxygen atoms in total. The van der Waals surface area contributed by atoms with Crippen LogP contribution in [-0.4, -0.2) is 36.5 Å². The molecule has 3 heteroatoms. The number of carbonyl (C=O) groups excluding carboxylic acids is 1. The van der Waals surface area contributed by atoms with E-state index in [4.69, 9.17) is 0 Å². The van der Waals surface area contributed by atoms with Gasteiger partial charge < -0.3 is 10.2 Å². The number of fused-ring (bicyclic) bond motifs is 1. The van der Waals surface area contributed by atoms with Gasteiger partial charge in [0.2, 0.25) is 5.91 Å². The smallest absolute Gasteiger partial charge is 0.222 e. The molecule has 2 heterocycles. The van der Waals surface area contributed by atoms with E-state index in [0.29, 0.717) is 11.9 Å². The van der Waals surface area contributed by atoms with Crippen molar-refractivity contribution in [1.29, 1.82) is 0 Å². The first-order valence-electron chi connectivity index (χ1n) is 7.78. The van der Waals surface area contributed by atoms with Crippen LogP contribution in [0.1, 0.15) is 52.4 Å². The van der Waals surface area contributed by atoms with Crippen LogP contribution >= 0.6 is 0 Å². The molecular weight excluding hydrogens is 224 g/mol. The third kappa shape index (κ3) is 2.87. The Morgan fingerprint density at radius 2 is 2.06 bits per heavy atom. The fourth-order valence-electron chi connectivity index (χ4n) is 3.68. The van der Waals surface area contributed by atoms with E-state index in [2.05, 4.69) is 24.1 Å². The zero-order valence-corrected chi connectivity index (χ0v) is 12.0. The van der Waals surface area contributed by atoms with E-state index in [1.54, 1.807) is 0 Å². The minimum absolute atomic E-state index is 0.410. The Morgan fingerprint density at radius 1 is 1.22 bits per heavy atom. The quantitative estimate of drug-likeness (QED) is 0.736. The van der Waals surface area contributed by atoms with E-state index < -0.39 is 0 Å². The topological polar surface area (TPSA) is 32.3 Å². The van der Waals surface area contributed by atoms with Gasteiger partial charge in [-0.2, -0.15) is 0 Å². The van der Waals surface area contributed by atoms with Crippen molar-refractivity contribution in [2.75, 3.05) is 19.6 Å². The fraction of sp³-hybridized carbons (Fsp3) is 0.933. The predicted octanol–water partition coefficient (Wildman–Crippen LogP) is 2.41. The minimum Gasteiger partial charge on any atom is -0.339 e. The summed E-state index contributed by atoms with van der Waals surface area (Å²) in [6, 6.07) is 0.503. The summed E-state index contributed by atoms with van der Waals surface area (Å²) in [4.78, 5) is 14.5. The van der Waals surface area contributed by atoms with Gasteiger partial charge in [-0.05, 0) is 24.7 Å². The first-order valence-corrected chi connectivity index (χ1v) is 7.78. The summed E-state index contributed by atoms with van der Waals surface area (Å²) in [5.74, 6) is 1.84. The highest BCUT2D eigenvalue weighted by Crippen LogP contribution is 2.34. The van der Waals surface area contributed by atoms with E-state index in [1.807, 2.05) is 0 Å². The highest BCUT2D eigenvalue weighted by molar-refractivity contribution is 5.77. The molecule has 1 N–H and O–H groups in total. The molecule has 0 aliphatic carbocycles. The third-order valence-electron chi connectivity index (χ3n) is 4.70. The molecule has 0 aromatic heterocycles. The third-order valence-corrected chi connectivity index (χ3v) is 4.70. The molecule has 0 aromatic rings. The first-order chi connectivity index (χ1) is 8.77. The number of carbonyl (C=O) groups is 1. The summed E-state index contributed by atoms with van der Waals surface area (Å²) in [7, 11) is 0. The van der Waals surface area contributed by atoms with Crippen molar-refractivity contribution in [3.8, 4) is 0 Å². The Balaban J connectivity index is 1.82. The molecule has 1 amide bonds. The molecule has 2 saturated heterocycles. The maximum Gasteiger partial charge on any atom is 0.222 e. The molecule has 2 fully saturated rings. The number of rotatable bonds is 6. The van der Waals surface area contributed by atoms with Crippen LogP contribution in [0.25, 0.3) is 0 Å². The molecule has 2 rings (SSSR count). The van der Waals surface area contributed by atoms with E-state index in [-0.39, 0.29) is 0 Å². The lowest BCUT2D eigenvalue weighted by Gasteiger charge is -2.27. The van der Waals surface area contributed by atoms with Gasteiger partial charge in [0.25, 0.3) is 0 Å². The second kappa shape index (κ2) is 6.55. The fourth-order valence-corrected chi connectivity index (χ4v) is 3.68. The second-order valence-corrected chi connectivity index (χ2v) is 5.91. The number of nitrogens with zero attached hydrogens (tertiary/aromatic N) is 1. The van der Waals surface area contributed by atoms with Gasteiger partial charge in [0, 0.05) is 32.1 Å². The molecule has 104 valence electrons. The molecule has 3 atom stereocenters. The van der Waals surface area contributed by atoms with Gasteiger partial charge in [0.15, 0.2) is 0 Å². The number of amides is 1. The van der Waals surface area contributed by atoms with Crippen molar-refractivity contribution in [2.24, 2.45) is 11.8 Å². The number of likely N-dealkylation sites (tertiary alicyclic amines) is 1. The normalized spacial score (nSPS) is 30.8. The molecule has 0 saturated carbocycles. The van der Waals surface area contributed by atoms with Gasteiger partial charge >= 0.3 is 0 Å². The molecule has 0 bridgehead atoms. The highest BCUT2D eigenvalue weighted by Gasteiger charge is 2.44. The van der Waals surface area contributed by atoms with Crippen molar-refractivity contribution in [1.82, 2.24) is 10.2 Å². The van der Waals surface area contributed by atoms with Crippen LogP contribution in [0.2, 0.25) is 0 Å². The van der Waals surface area contributed by atoms with Crippen LogP contribution in [0.4, 0.5) is 0 Å². The maximum atomic E-state index is 12.3. The van der Waals surface area contributed by atoms with Crippen LogP contribution in [0.3, 0.4) is 0 Å². The van der Waals surface area contributed by atoms with Crippen LogP contribution in [0.5, 0.6) is 0 Å². The van der Waals surface area contributed by atoms with Gasteiger partial charge in [-0.15, -0.1) is 0 Å². The van der Waals surface area contributed by atoms with Gasteiger partial charge in [-0.25, -0.2) is 0 Å². The number of hydrogen-bond donors (Lipinski definition) is 1. The van der Waals surface area contributed by atoms with E-state index in [9.17, 15) is 4.79 Å². The zero-order valence-electron chi connectivity index (χ0n) is 12.0. The van der Waals surface area contributed by atoms with Crippen LogP contribution in [-0.2, 0) is 4.79 Å². The second-order valence-electron chi connectivity index (χ2n) is 5.91. The van der Waals surface area contributed by atoms with Crippen molar-refractivity contribution >= 4 is 5.91 Å². The SMILES string of the molecule is CCCCCCC(=O)N1CC2CNCC2C1CC. The van der Waals surface area contributed by atoms with E-state index >= 15 is 0 Å². The molecule has 2 aliphatic rings. The highest BCUT2D eigenvalue weighted by atomic mass is 16.2. The molecular formula is C15H28N2O. The minimum atomic E-state index is 0.410. The first kappa shape index (κ1) is 13.9. The van der Waals surface area contributed by atoms with Crippen molar-refractivity contribution < 1.29 is 4.79 Å². The molecule has 0 radical (unpaired) electrons. The van der Waals surface area contributed by atoms with Gasteiger partial charge in [0.05, 0.1) is 0 Å². The predicted molar refractivity (Wildman–Crippen MR) is 74.4 cm³/mol. The Hall–Kier alpha value is -0.570.